The van der Waals surface area contributed by atoms with Gasteiger partial charge in [0.1, 0.15) is 23.9 Å². The van der Waals surface area contributed by atoms with Crippen LogP contribution in [0.4, 0.5) is 11.4 Å². The number of carbonyl (C=O) groups is 2. The van der Waals surface area contributed by atoms with E-state index in [4.69, 9.17) is 9.47 Å². The summed E-state index contributed by atoms with van der Waals surface area (Å²) in [6.07, 6.45) is 0.863. The Hall–Kier alpha value is -4.77. The van der Waals surface area contributed by atoms with Crippen LogP contribution in [0.2, 0.25) is 0 Å². The lowest BCUT2D eigenvalue weighted by Crippen LogP contribution is -2.29. The Morgan fingerprint density at radius 1 is 1.11 bits per heavy atom. The number of ketones is 1. The molecule has 2 aliphatic heterocycles. The molecule has 0 bridgehead atoms. The molecule has 0 saturated carbocycles. The van der Waals surface area contributed by atoms with Gasteiger partial charge in [-0.3, -0.25) is 14.5 Å². The summed E-state index contributed by atoms with van der Waals surface area (Å²) in [5, 5.41) is 20.7. The number of nitrogens with zero attached hydrogens (tertiary/aromatic N) is 3. The number of rotatable bonds is 6. The molecule has 38 heavy (non-hydrogen) atoms. The van der Waals surface area contributed by atoms with E-state index in [0.29, 0.717) is 53.6 Å². The smallest absolute Gasteiger partial charge is 0.300 e. The number of ether oxygens (including phenoxy) is 2. The predicted octanol–water partition coefficient (Wildman–Crippen LogP) is 4.80. The van der Waals surface area contributed by atoms with E-state index in [2.05, 4.69) is 6.07 Å². The lowest BCUT2D eigenvalue weighted by Gasteiger charge is -2.28. The number of carbonyl (C=O) groups excluding carboxylic acids is 2. The number of aliphatic hydroxyl groups is 1. The van der Waals surface area contributed by atoms with Crippen LogP contribution in [0.15, 0.2) is 72.3 Å². The molecule has 1 N–H and O–H groups in total. The van der Waals surface area contributed by atoms with Crippen molar-refractivity contribution in [3.63, 3.8) is 0 Å². The van der Waals surface area contributed by atoms with E-state index in [1.165, 1.54) is 4.90 Å². The first kappa shape index (κ1) is 24.9. The minimum Gasteiger partial charge on any atom is -0.507 e. The van der Waals surface area contributed by atoms with Crippen molar-refractivity contribution >= 4 is 28.8 Å². The van der Waals surface area contributed by atoms with Gasteiger partial charge in [-0.1, -0.05) is 19.1 Å². The Kier molecular flexibility index (Phi) is 6.75. The largest absolute Gasteiger partial charge is 0.507 e. The van der Waals surface area contributed by atoms with Gasteiger partial charge in [0.15, 0.2) is 0 Å². The second kappa shape index (κ2) is 10.3. The van der Waals surface area contributed by atoms with Crippen LogP contribution in [0.1, 0.15) is 36.1 Å². The number of Topliss-reactive ketones (excluding diaryl/α,β-unsaturated/α-hetero) is 1. The highest BCUT2D eigenvalue weighted by Crippen LogP contribution is 2.43. The van der Waals surface area contributed by atoms with Gasteiger partial charge >= 0.3 is 0 Å². The molecule has 5 rings (SSSR count). The number of likely N-dealkylation sites (N-methyl/N-ethyl adjacent to an activating group) is 1. The van der Waals surface area contributed by atoms with Crippen LogP contribution in [-0.4, -0.2) is 43.6 Å². The second-order valence-corrected chi connectivity index (χ2v) is 9.20. The maximum Gasteiger partial charge on any atom is 0.300 e. The number of nitriles is 1. The molecule has 8 heteroatoms. The van der Waals surface area contributed by atoms with Crippen molar-refractivity contribution in [1.82, 2.24) is 0 Å². The summed E-state index contributed by atoms with van der Waals surface area (Å²) in [6, 6.07) is 20.0. The number of aliphatic hydroxyl groups excluding tert-OH is 1. The first-order valence-electron chi connectivity index (χ1n) is 12.4. The van der Waals surface area contributed by atoms with Gasteiger partial charge in [0.2, 0.25) is 0 Å². The summed E-state index contributed by atoms with van der Waals surface area (Å²) in [5.41, 5.74) is 2.69. The third-order valence-corrected chi connectivity index (χ3v) is 6.72. The van der Waals surface area contributed by atoms with E-state index in [-0.39, 0.29) is 11.3 Å². The van der Waals surface area contributed by atoms with Gasteiger partial charge in [0.05, 0.1) is 42.1 Å². The summed E-state index contributed by atoms with van der Waals surface area (Å²) in [5.74, 6) is -0.453. The average Bonchev–Trinajstić information content (AvgIpc) is 3.21. The molecule has 3 aromatic rings. The zero-order chi connectivity index (χ0) is 26.8. The van der Waals surface area contributed by atoms with Crippen LogP contribution in [0.25, 0.3) is 5.76 Å². The average molecular weight is 510 g/mol. The van der Waals surface area contributed by atoms with Gasteiger partial charge in [-0.15, -0.1) is 0 Å². The Morgan fingerprint density at radius 3 is 2.53 bits per heavy atom. The van der Waals surface area contributed by atoms with Gasteiger partial charge < -0.3 is 19.5 Å². The predicted molar refractivity (Wildman–Crippen MR) is 143 cm³/mol. The van der Waals surface area contributed by atoms with E-state index in [0.717, 1.165) is 12.1 Å². The molecule has 1 fully saturated rings. The first-order valence-corrected chi connectivity index (χ1v) is 12.4. The van der Waals surface area contributed by atoms with Crippen molar-refractivity contribution in [2.75, 3.05) is 36.6 Å². The number of hydrogen-bond donors (Lipinski definition) is 1. The summed E-state index contributed by atoms with van der Waals surface area (Å²) < 4.78 is 11.4. The van der Waals surface area contributed by atoms with Crippen molar-refractivity contribution in [1.29, 1.82) is 5.26 Å². The highest BCUT2D eigenvalue weighted by molar-refractivity contribution is 6.51. The van der Waals surface area contributed by atoms with Gasteiger partial charge in [-0.05, 0) is 66.6 Å². The van der Waals surface area contributed by atoms with E-state index < -0.39 is 17.7 Å². The number of benzene rings is 3. The summed E-state index contributed by atoms with van der Waals surface area (Å²) in [4.78, 5) is 30.2. The maximum absolute atomic E-state index is 13.5. The van der Waals surface area contributed by atoms with Crippen LogP contribution >= 0.6 is 0 Å². The minimum absolute atomic E-state index is 0.0130. The molecular weight excluding hydrogens is 482 g/mol. The molecule has 2 aliphatic rings. The monoisotopic (exact) mass is 509 g/mol. The maximum atomic E-state index is 13.5. The standard InChI is InChI=1S/C30H27N3O5/c1-3-15-37-23-11-6-20(7-12-23)27-26(28(34)21-8-13-25-24(17-21)32(2)14-16-38-25)29(35)30(36)33(27)22-9-4-19(18-31)5-10-22/h4-13,17,27,34H,3,14-16H2,1-2H3/b28-26-. The molecular formula is C30H27N3O5. The summed E-state index contributed by atoms with van der Waals surface area (Å²) >= 11 is 0. The molecule has 1 atom stereocenters. The third-order valence-electron chi connectivity index (χ3n) is 6.72. The molecule has 1 unspecified atom stereocenters. The van der Waals surface area contributed by atoms with E-state index in [1.807, 2.05) is 18.9 Å². The molecule has 1 amide bonds. The van der Waals surface area contributed by atoms with Gasteiger partial charge in [0, 0.05) is 18.3 Å². The SMILES string of the molecule is CCCOc1ccc(C2/C(=C(/O)c3ccc4c(c3)N(C)CCO4)C(=O)C(=O)N2c2ccc(C#N)cc2)cc1. The van der Waals surface area contributed by atoms with Crippen molar-refractivity contribution in [3.05, 3.63) is 89.0 Å². The van der Waals surface area contributed by atoms with Crippen LogP contribution in [0.5, 0.6) is 11.5 Å². The summed E-state index contributed by atoms with van der Waals surface area (Å²) in [7, 11) is 1.93. The van der Waals surface area contributed by atoms with Crippen LogP contribution < -0.4 is 19.3 Å². The van der Waals surface area contributed by atoms with Crippen LogP contribution in [0, 0.1) is 11.3 Å². The van der Waals surface area contributed by atoms with Gasteiger partial charge in [-0.25, -0.2) is 0 Å². The Bertz CT molecular complexity index is 1450. The highest BCUT2D eigenvalue weighted by Gasteiger charge is 2.47. The zero-order valence-corrected chi connectivity index (χ0v) is 21.2. The fourth-order valence-electron chi connectivity index (χ4n) is 4.73. The fraction of sp³-hybridized carbons (Fsp3) is 0.233. The van der Waals surface area contributed by atoms with Gasteiger partial charge in [-0.2, -0.15) is 5.26 Å². The van der Waals surface area contributed by atoms with Crippen molar-refractivity contribution in [3.8, 4) is 17.6 Å². The summed E-state index contributed by atoms with van der Waals surface area (Å²) in [6.45, 7) is 3.83. The third kappa shape index (κ3) is 4.43. The lowest BCUT2D eigenvalue weighted by molar-refractivity contribution is -0.132. The number of hydrogen-bond acceptors (Lipinski definition) is 7. The highest BCUT2D eigenvalue weighted by atomic mass is 16.5. The topological polar surface area (TPSA) is 103 Å². The first-order chi connectivity index (χ1) is 18.4. The molecule has 1 saturated heterocycles. The molecule has 0 radical (unpaired) electrons. The zero-order valence-electron chi connectivity index (χ0n) is 21.2. The number of anilines is 2. The normalized spacial score (nSPS) is 18.1. The molecule has 192 valence electrons. The Labute approximate surface area is 220 Å². The lowest BCUT2D eigenvalue weighted by atomic mass is 9.94. The molecule has 0 aromatic heterocycles. The Balaban J connectivity index is 1.64. The minimum atomic E-state index is -0.881. The molecule has 0 spiro atoms. The Morgan fingerprint density at radius 2 is 1.84 bits per heavy atom. The fourth-order valence-corrected chi connectivity index (χ4v) is 4.73. The van der Waals surface area contributed by atoms with Crippen molar-refractivity contribution in [2.24, 2.45) is 0 Å². The van der Waals surface area contributed by atoms with Gasteiger partial charge in [0.25, 0.3) is 11.7 Å². The van der Waals surface area contributed by atoms with Crippen LogP contribution in [-0.2, 0) is 9.59 Å². The number of fused-ring (bicyclic) bond motifs is 1. The molecule has 3 aromatic carbocycles. The van der Waals surface area contributed by atoms with Crippen LogP contribution in [0.3, 0.4) is 0 Å². The van der Waals surface area contributed by atoms with E-state index in [9.17, 15) is 20.0 Å². The number of amides is 1. The van der Waals surface area contributed by atoms with E-state index >= 15 is 0 Å². The quantitative estimate of drug-likeness (QED) is 0.289. The van der Waals surface area contributed by atoms with Crippen molar-refractivity contribution in [2.45, 2.75) is 19.4 Å². The van der Waals surface area contributed by atoms with Crippen molar-refractivity contribution < 1.29 is 24.2 Å². The molecule has 0 aliphatic carbocycles. The molecule has 2 heterocycles. The molecule has 8 nitrogen and oxygen atoms in total. The van der Waals surface area contributed by atoms with E-state index in [1.54, 1.807) is 66.7 Å². The second-order valence-electron chi connectivity index (χ2n) is 9.20.